The minimum Gasteiger partial charge on any atom is -0.385 e. The Morgan fingerprint density at radius 2 is 1.97 bits per heavy atom. The van der Waals surface area contributed by atoms with Crippen LogP contribution < -0.4 is 4.90 Å². The summed E-state index contributed by atoms with van der Waals surface area (Å²) >= 11 is 0. The van der Waals surface area contributed by atoms with Crippen LogP contribution in [-0.2, 0) is 14.3 Å². The van der Waals surface area contributed by atoms with Gasteiger partial charge in [-0.05, 0) is 25.0 Å². The molecule has 1 aliphatic rings. The molecule has 0 unspecified atom stereocenters. The van der Waals surface area contributed by atoms with Gasteiger partial charge in [-0.3, -0.25) is 0 Å². The van der Waals surface area contributed by atoms with Crippen LogP contribution in [0, 0.1) is 0 Å². The molecule has 1 N–H and O–H groups in total. The van der Waals surface area contributed by atoms with E-state index in [-0.39, 0.29) is 6.04 Å². The summed E-state index contributed by atoms with van der Waals surface area (Å²) in [6, 6.07) is 3.60. The SMILES string of the molecule is COCCN([B]C=O)[C@H]1CCCN(c2ccnc3[nH]cc(-c4cncnc4)c23)C1.COCC[Si](C)(C)C. The number of carbonyl (C=O) groups excluding carboxylic acids is 1. The van der Waals surface area contributed by atoms with E-state index in [1.807, 2.05) is 24.8 Å². The lowest BCUT2D eigenvalue weighted by Crippen LogP contribution is -2.50. The molecule has 11 heteroatoms. The maximum absolute atomic E-state index is 11.1. The maximum Gasteiger partial charge on any atom is 0.293 e. The summed E-state index contributed by atoms with van der Waals surface area (Å²) in [7, 11) is 4.28. The molecule has 199 valence electrons. The van der Waals surface area contributed by atoms with Gasteiger partial charge in [-0.2, -0.15) is 0 Å². The lowest BCUT2D eigenvalue weighted by Gasteiger charge is -2.40. The zero-order chi connectivity index (χ0) is 26.7. The van der Waals surface area contributed by atoms with Crippen LogP contribution in [-0.4, -0.2) is 99.5 Å². The minimum absolute atomic E-state index is 0.259. The van der Waals surface area contributed by atoms with Crippen LogP contribution in [0.2, 0.25) is 25.7 Å². The third-order valence-electron chi connectivity index (χ3n) is 6.49. The maximum atomic E-state index is 11.1. The van der Waals surface area contributed by atoms with E-state index in [1.165, 1.54) is 12.4 Å². The largest absolute Gasteiger partial charge is 0.385 e. The van der Waals surface area contributed by atoms with Crippen molar-refractivity contribution in [3.05, 3.63) is 37.2 Å². The summed E-state index contributed by atoms with van der Waals surface area (Å²) in [5, 5.41) is 1.07. The highest BCUT2D eigenvalue weighted by molar-refractivity contribution is 6.76. The van der Waals surface area contributed by atoms with Crippen molar-refractivity contribution in [3.63, 3.8) is 0 Å². The van der Waals surface area contributed by atoms with Gasteiger partial charge in [0.25, 0.3) is 7.41 Å². The van der Waals surface area contributed by atoms with Gasteiger partial charge in [0.1, 0.15) is 12.0 Å². The number of pyridine rings is 1. The summed E-state index contributed by atoms with van der Waals surface area (Å²) in [5.74, 6) is 0. The highest BCUT2D eigenvalue weighted by atomic mass is 28.3. The highest BCUT2D eigenvalue weighted by Crippen LogP contribution is 2.35. The number of rotatable bonds is 11. The molecule has 0 aromatic carbocycles. The first-order valence-corrected chi connectivity index (χ1v) is 16.6. The molecule has 0 spiro atoms. The van der Waals surface area contributed by atoms with Gasteiger partial charge in [0.2, 0.25) is 0 Å². The minimum atomic E-state index is -0.803. The first-order valence-electron chi connectivity index (χ1n) is 12.9. The van der Waals surface area contributed by atoms with E-state index in [0.29, 0.717) is 13.2 Å². The molecule has 0 amide bonds. The molecule has 1 radical (unpaired) electrons. The normalized spacial score (nSPS) is 15.9. The third kappa shape index (κ3) is 8.46. The predicted octanol–water partition coefficient (Wildman–Crippen LogP) is 3.72. The number of fused-ring (bicyclic) bond motifs is 1. The number of H-pyrrole nitrogens is 1. The van der Waals surface area contributed by atoms with Gasteiger partial charge in [0.15, 0.2) is 0 Å². The number of aromatic nitrogens is 4. The van der Waals surface area contributed by atoms with Crippen LogP contribution in [0.1, 0.15) is 12.8 Å². The Hall–Kier alpha value is -2.60. The molecular weight excluding hydrogens is 483 g/mol. The van der Waals surface area contributed by atoms with E-state index < -0.39 is 8.07 Å². The third-order valence-corrected chi connectivity index (χ3v) is 8.20. The Morgan fingerprint density at radius 3 is 2.62 bits per heavy atom. The van der Waals surface area contributed by atoms with Crippen LogP contribution in [0.4, 0.5) is 5.69 Å². The van der Waals surface area contributed by atoms with Crippen molar-refractivity contribution in [2.24, 2.45) is 0 Å². The summed E-state index contributed by atoms with van der Waals surface area (Å²) in [6.45, 7) is 11.1. The number of hydrogen-bond acceptors (Lipinski definition) is 8. The average molecular weight is 524 g/mol. The van der Waals surface area contributed by atoms with Gasteiger partial charge in [0, 0.05) is 96.2 Å². The predicted molar refractivity (Wildman–Crippen MR) is 153 cm³/mol. The van der Waals surface area contributed by atoms with E-state index in [2.05, 4.69) is 55.4 Å². The summed E-state index contributed by atoms with van der Waals surface area (Å²) in [5.41, 5.74) is 3.98. The molecule has 3 aromatic rings. The topological polar surface area (TPSA) is 96.5 Å². The van der Waals surface area contributed by atoms with Crippen molar-refractivity contribution in [2.45, 2.75) is 44.6 Å². The second kappa shape index (κ2) is 14.4. The molecule has 0 bridgehead atoms. The van der Waals surface area contributed by atoms with Crippen LogP contribution in [0.25, 0.3) is 22.2 Å². The fraction of sp³-hybridized carbons (Fsp3) is 0.538. The first-order chi connectivity index (χ1) is 17.9. The number of piperidine rings is 1. The first kappa shape index (κ1) is 29.0. The van der Waals surface area contributed by atoms with Gasteiger partial charge in [-0.1, -0.05) is 19.6 Å². The molecule has 0 saturated carbocycles. The molecule has 9 nitrogen and oxygen atoms in total. The summed E-state index contributed by atoms with van der Waals surface area (Å²) < 4.78 is 10.2. The second-order valence-corrected chi connectivity index (χ2v) is 16.1. The zero-order valence-corrected chi connectivity index (χ0v) is 23.8. The molecule has 1 saturated heterocycles. The Kier molecular flexibility index (Phi) is 11.2. The number of aromatic amines is 1. The van der Waals surface area contributed by atoms with E-state index in [1.54, 1.807) is 21.6 Å². The lowest BCUT2D eigenvalue weighted by molar-refractivity contribution is 0.162. The number of nitrogens with zero attached hydrogens (tertiary/aromatic N) is 5. The van der Waals surface area contributed by atoms with Crippen LogP contribution in [0.5, 0.6) is 0 Å². The van der Waals surface area contributed by atoms with Gasteiger partial charge < -0.3 is 29.0 Å². The summed E-state index contributed by atoms with van der Waals surface area (Å²) in [4.78, 5) is 31.7. The number of methoxy groups -OCH3 is 2. The smallest absolute Gasteiger partial charge is 0.293 e. The fourth-order valence-corrected chi connectivity index (χ4v) is 5.29. The molecule has 4 heterocycles. The van der Waals surface area contributed by atoms with Gasteiger partial charge in [-0.25, -0.2) is 15.0 Å². The molecule has 1 atom stereocenters. The molecular formula is C26H40BN6O3Si. The molecule has 3 aromatic heterocycles. The highest BCUT2D eigenvalue weighted by Gasteiger charge is 2.27. The zero-order valence-electron chi connectivity index (χ0n) is 22.8. The number of hydrogen-bond donors (Lipinski definition) is 1. The molecule has 4 rings (SSSR count). The van der Waals surface area contributed by atoms with Gasteiger partial charge >= 0.3 is 0 Å². The fourth-order valence-electron chi connectivity index (χ4n) is 4.47. The Morgan fingerprint density at radius 1 is 1.22 bits per heavy atom. The van der Waals surface area contributed by atoms with E-state index >= 15 is 0 Å². The number of ether oxygens (including phenoxy) is 2. The van der Waals surface area contributed by atoms with Crippen molar-refractivity contribution in [3.8, 4) is 11.1 Å². The Balaban J connectivity index is 0.000000414. The van der Waals surface area contributed by atoms with E-state index in [4.69, 9.17) is 9.47 Å². The monoisotopic (exact) mass is 523 g/mol. The van der Waals surface area contributed by atoms with E-state index in [0.717, 1.165) is 66.6 Å². The lowest BCUT2D eigenvalue weighted by atomic mass is 9.88. The average Bonchev–Trinajstić information content (AvgIpc) is 3.35. The van der Waals surface area contributed by atoms with Crippen LogP contribution >= 0.6 is 0 Å². The standard InChI is InChI=1S/C20H24BN6O2.C6H16OSi/c1-29-8-7-27(21-13-28)16-3-2-6-26(12-16)18-4-5-24-20-19(18)17(11-25-20)15-9-22-14-23-10-15;1-7-5-6-8(2,3)4/h4-5,9-11,13-14,16H,2-3,6-8,12H2,1H3,(H,24,25);5-6H2,1-4H3/t16-;/m0./s1. The second-order valence-electron chi connectivity index (χ2n) is 10.4. The number of anilines is 1. The van der Waals surface area contributed by atoms with Gasteiger partial charge in [0.05, 0.1) is 18.2 Å². The van der Waals surface area contributed by atoms with Crippen molar-refractivity contribution in [2.75, 3.05) is 52.0 Å². The van der Waals surface area contributed by atoms with Crippen molar-refractivity contribution in [1.29, 1.82) is 0 Å². The quantitative estimate of drug-likeness (QED) is 0.300. The Labute approximate surface area is 222 Å². The van der Waals surface area contributed by atoms with Crippen LogP contribution in [0.3, 0.4) is 0 Å². The van der Waals surface area contributed by atoms with Crippen molar-refractivity contribution >= 4 is 38.4 Å². The van der Waals surface area contributed by atoms with Crippen molar-refractivity contribution in [1.82, 2.24) is 24.7 Å². The molecule has 1 aliphatic heterocycles. The number of nitrogens with one attached hydrogen (secondary N) is 1. The number of carbonyl (C=O) groups is 1. The Bertz CT molecular complexity index is 1090. The van der Waals surface area contributed by atoms with E-state index in [9.17, 15) is 4.79 Å². The van der Waals surface area contributed by atoms with Gasteiger partial charge in [-0.15, -0.1) is 0 Å². The van der Waals surface area contributed by atoms with Crippen LogP contribution in [0.15, 0.2) is 37.2 Å². The summed E-state index contributed by atoms with van der Waals surface area (Å²) in [6.07, 6.45) is 11.9. The van der Waals surface area contributed by atoms with Crippen molar-refractivity contribution < 1.29 is 14.3 Å². The molecule has 0 aliphatic carbocycles. The molecule has 37 heavy (non-hydrogen) atoms. The molecule has 1 fully saturated rings.